The Morgan fingerprint density at radius 2 is 2.27 bits per heavy atom. The molecule has 15 heavy (non-hydrogen) atoms. The standard InChI is InChI=1S/C12H12N2O/c1-2-10-8-14-5-6-15-12(10)11-3-4-13-7-9(1)11/h1-4,7,14H,5-6,8H2. The minimum Gasteiger partial charge on any atom is -0.491 e. The van der Waals surface area contributed by atoms with E-state index in [2.05, 4.69) is 22.4 Å². The number of aromatic nitrogens is 1. The largest absolute Gasteiger partial charge is 0.491 e. The number of fused-ring (bicyclic) bond motifs is 3. The minimum atomic E-state index is 0.731. The summed E-state index contributed by atoms with van der Waals surface area (Å²) in [6.45, 7) is 2.52. The first kappa shape index (κ1) is 8.68. The fraction of sp³-hybridized carbons (Fsp3) is 0.250. The van der Waals surface area contributed by atoms with E-state index in [1.807, 2.05) is 18.5 Å². The van der Waals surface area contributed by atoms with Crippen LogP contribution in [-0.4, -0.2) is 18.1 Å². The first-order chi connectivity index (χ1) is 7.45. The first-order valence-electron chi connectivity index (χ1n) is 5.14. The van der Waals surface area contributed by atoms with Crippen LogP contribution in [0.25, 0.3) is 10.8 Å². The van der Waals surface area contributed by atoms with Crippen molar-refractivity contribution in [2.24, 2.45) is 0 Å². The number of nitrogens with zero attached hydrogens (tertiary/aromatic N) is 1. The number of rotatable bonds is 0. The maximum atomic E-state index is 5.77. The lowest BCUT2D eigenvalue weighted by Gasteiger charge is -2.09. The van der Waals surface area contributed by atoms with Gasteiger partial charge in [-0.1, -0.05) is 12.1 Å². The van der Waals surface area contributed by atoms with Crippen molar-refractivity contribution in [2.45, 2.75) is 6.54 Å². The van der Waals surface area contributed by atoms with Gasteiger partial charge in [0.15, 0.2) is 0 Å². The zero-order valence-corrected chi connectivity index (χ0v) is 8.36. The maximum Gasteiger partial charge on any atom is 0.131 e. The monoisotopic (exact) mass is 200 g/mol. The van der Waals surface area contributed by atoms with E-state index in [1.54, 1.807) is 0 Å². The Balaban J connectivity index is 2.27. The second-order valence-electron chi connectivity index (χ2n) is 3.68. The summed E-state index contributed by atoms with van der Waals surface area (Å²) in [6.07, 6.45) is 3.68. The van der Waals surface area contributed by atoms with Crippen LogP contribution >= 0.6 is 0 Å². The van der Waals surface area contributed by atoms with E-state index in [-0.39, 0.29) is 0 Å². The lowest BCUT2D eigenvalue weighted by molar-refractivity contribution is 0.329. The first-order valence-corrected chi connectivity index (χ1v) is 5.14. The molecule has 3 rings (SSSR count). The van der Waals surface area contributed by atoms with Crippen molar-refractivity contribution >= 4 is 10.8 Å². The summed E-state index contributed by atoms with van der Waals surface area (Å²) in [5.41, 5.74) is 1.23. The van der Waals surface area contributed by atoms with E-state index in [0.717, 1.165) is 36.2 Å². The van der Waals surface area contributed by atoms with Crippen molar-refractivity contribution in [1.29, 1.82) is 0 Å². The van der Waals surface area contributed by atoms with E-state index in [1.165, 1.54) is 5.56 Å². The Labute approximate surface area is 88.1 Å². The topological polar surface area (TPSA) is 34.2 Å². The molecule has 1 aromatic carbocycles. The number of ether oxygens (including phenoxy) is 1. The molecular formula is C12H12N2O. The van der Waals surface area contributed by atoms with Crippen molar-refractivity contribution in [3.8, 4) is 5.75 Å². The summed E-state index contributed by atoms with van der Waals surface area (Å²) in [7, 11) is 0. The number of nitrogens with one attached hydrogen (secondary N) is 1. The van der Waals surface area contributed by atoms with Gasteiger partial charge in [-0.25, -0.2) is 0 Å². The van der Waals surface area contributed by atoms with Gasteiger partial charge < -0.3 is 10.1 Å². The molecule has 0 spiro atoms. The number of pyridine rings is 1. The summed E-state index contributed by atoms with van der Waals surface area (Å²) in [6, 6.07) is 6.22. The molecule has 2 heterocycles. The lowest BCUT2D eigenvalue weighted by atomic mass is 10.1. The predicted octanol–water partition coefficient (Wildman–Crippen LogP) is 1.72. The molecule has 3 nitrogen and oxygen atoms in total. The zero-order valence-electron chi connectivity index (χ0n) is 8.36. The normalized spacial score (nSPS) is 15.5. The highest BCUT2D eigenvalue weighted by atomic mass is 16.5. The van der Waals surface area contributed by atoms with Gasteiger partial charge in [-0.3, -0.25) is 4.98 Å². The second-order valence-corrected chi connectivity index (χ2v) is 3.68. The van der Waals surface area contributed by atoms with Gasteiger partial charge in [-0.15, -0.1) is 0 Å². The van der Waals surface area contributed by atoms with E-state index in [0.29, 0.717) is 0 Å². The molecule has 0 fully saturated rings. The van der Waals surface area contributed by atoms with Crippen LogP contribution in [0.2, 0.25) is 0 Å². The van der Waals surface area contributed by atoms with Crippen molar-refractivity contribution in [2.75, 3.05) is 13.2 Å². The van der Waals surface area contributed by atoms with E-state index < -0.39 is 0 Å². The van der Waals surface area contributed by atoms with Gasteiger partial charge in [0.25, 0.3) is 0 Å². The lowest BCUT2D eigenvalue weighted by Crippen LogP contribution is -2.16. The Morgan fingerprint density at radius 1 is 1.27 bits per heavy atom. The molecule has 0 amide bonds. The Hall–Kier alpha value is -1.61. The molecule has 1 N–H and O–H groups in total. The molecule has 0 saturated carbocycles. The quantitative estimate of drug-likeness (QED) is 0.703. The number of hydrogen-bond donors (Lipinski definition) is 1. The SMILES string of the molecule is c1cc2c3c(ccc2cn1)CNCCO3. The molecule has 0 radical (unpaired) electrons. The summed E-state index contributed by atoms with van der Waals surface area (Å²) < 4.78 is 5.77. The smallest absolute Gasteiger partial charge is 0.131 e. The maximum absolute atomic E-state index is 5.77. The van der Waals surface area contributed by atoms with Crippen molar-refractivity contribution in [3.05, 3.63) is 36.2 Å². The molecule has 1 aromatic heterocycles. The van der Waals surface area contributed by atoms with E-state index in [9.17, 15) is 0 Å². The molecule has 1 aliphatic rings. The second kappa shape index (κ2) is 3.51. The van der Waals surface area contributed by atoms with Gasteiger partial charge in [0.2, 0.25) is 0 Å². The van der Waals surface area contributed by atoms with Crippen molar-refractivity contribution < 1.29 is 4.74 Å². The van der Waals surface area contributed by atoms with E-state index >= 15 is 0 Å². The fourth-order valence-electron chi connectivity index (χ4n) is 1.94. The van der Waals surface area contributed by atoms with Crippen LogP contribution in [0.15, 0.2) is 30.6 Å². The molecule has 76 valence electrons. The summed E-state index contributed by atoms with van der Waals surface area (Å²) >= 11 is 0. The number of hydrogen-bond acceptors (Lipinski definition) is 3. The third kappa shape index (κ3) is 1.45. The van der Waals surface area contributed by atoms with Gasteiger partial charge in [0, 0.05) is 41.8 Å². The fourth-order valence-corrected chi connectivity index (χ4v) is 1.94. The molecule has 3 heteroatoms. The van der Waals surface area contributed by atoms with Crippen LogP contribution in [0.5, 0.6) is 5.75 Å². The van der Waals surface area contributed by atoms with Gasteiger partial charge in [-0.05, 0) is 6.07 Å². The highest BCUT2D eigenvalue weighted by molar-refractivity contribution is 5.88. The predicted molar refractivity (Wildman–Crippen MR) is 58.9 cm³/mol. The molecule has 0 atom stereocenters. The van der Waals surface area contributed by atoms with Gasteiger partial charge in [0.1, 0.15) is 12.4 Å². The molecule has 0 unspecified atom stereocenters. The molecule has 0 saturated heterocycles. The van der Waals surface area contributed by atoms with E-state index in [4.69, 9.17) is 4.74 Å². The summed E-state index contributed by atoms with van der Waals surface area (Å²) in [4.78, 5) is 4.11. The van der Waals surface area contributed by atoms with Gasteiger partial charge in [0.05, 0.1) is 0 Å². The number of benzene rings is 1. The summed E-state index contributed by atoms with van der Waals surface area (Å²) in [5, 5.41) is 5.62. The van der Waals surface area contributed by atoms with Gasteiger partial charge >= 0.3 is 0 Å². The molecule has 2 aromatic rings. The third-order valence-corrected chi connectivity index (χ3v) is 2.69. The van der Waals surface area contributed by atoms with Crippen LogP contribution in [0.1, 0.15) is 5.56 Å². The highest BCUT2D eigenvalue weighted by Crippen LogP contribution is 2.30. The van der Waals surface area contributed by atoms with Crippen molar-refractivity contribution in [3.63, 3.8) is 0 Å². The zero-order chi connectivity index (χ0) is 10.1. The van der Waals surface area contributed by atoms with Crippen LogP contribution in [0.4, 0.5) is 0 Å². The van der Waals surface area contributed by atoms with Crippen LogP contribution in [0, 0.1) is 0 Å². The minimum absolute atomic E-state index is 0.731. The molecule has 0 aliphatic carbocycles. The van der Waals surface area contributed by atoms with Crippen LogP contribution in [-0.2, 0) is 6.54 Å². The summed E-state index contributed by atoms with van der Waals surface area (Å²) in [5.74, 6) is 1.01. The molecule has 0 bridgehead atoms. The highest BCUT2D eigenvalue weighted by Gasteiger charge is 2.11. The van der Waals surface area contributed by atoms with Crippen molar-refractivity contribution in [1.82, 2.24) is 10.3 Å². The Bertz CT molecular complexity index is 496. The average Bonchev–Trinajstić information content (AvgIpc) is 2.54. The average molecular weight is 200 g/mol. The van der Waals surface area contributed by atoms with Gasteiger partial charge in [-0.2, -0.15) is 0 Å². The Morgan fingerprint density at radius 3 is 3.27 bits per heavy atom. The third-order valence-electron chi connectivity index (χ3n) is 2.69. The van der Waals surface area contributed by atoms with Crippen LogP contribution in [0.3, 0.4) is 0 Å². The molecular weight excluding hydrogens is 188 g/mol. The molecule has 1 aliphatic heterocycles. The Kier molecular flexibility index (Phi) is 2.03. The van der Waals surface area contributed by atoms with Crippen LogP contribution < -0.4 is 10.1 Å².